The summed E-state index contributed by atoms with van der Waals surface area (Å²) in [7, 11) is 0. The number of nitrogens with one attached hydrogen (secondary N) is 1. The van der Waals surface area contributed by atoms with Crippen LogP contribution in [-0.4, -0.2) is 12.5 Å². The van der Waals surface area contributed by atoms with Gasteiger partial charge in [-0.05, 0) is 29.8 Å². The number of carbonyl (C=O) groups is 1. The van der Waals surface area contributed by atoms with E-state index in [9.17, 15) is 13.6 Å². The Morgan fingerprint density at radius 3 is 2.76 bits per heavy atom. The Labute approximate surface area is 120 Å². The van der Waals surface area contributed by atoms with Crippen molar-refractivity contribution in [2.24, 2.45) is 5.73 Å². The summed E-state index contributed by atoms with van der Waals surface area (Å²) in [6.45, 7) is -0.0675. The van der Waals surface area contributed by atoms with Crippen LogP contribution in [0.15, 0.2) is 42.5 Å². The zero-order chi connectivity index (χ0) is 15.2. The second-order valence-corrected chi connectivity index (χ2v) is 4.32. The second kappa shape index (κ2) is 6.81. The van der Waals surface area contributed by atoms with E-state index in [1.807, 2.05) is 6.07 Å². The number of rotatable bonds is 5. The number of hydrogen-bond donors (Lipinski definition) is 2. The lowest BCUT2D eigenvalue weighted by Gasteiger charge is -2.09. The van der Waals surface area contributed by atoms with Crippen LogP contribution in [0.4, 0.5) is 14.5 Å². The molecule has 3 N–H and O–H groups in total. The fourth-order valence-electron chi connectivity index (χ4n) is 1.70. The lowest BCUT2D eigenvalue weighted by molar-refractivity contribution is -0.118. The van der Waals surface area contributed by atoms with Gasteiger partial charge in [-0.1, -0.05) is 12.1 Å². The summed E-state index contributed by atoms with van der Waals surface area (Å²) < 4.78 is 31.2. The number of halogens is 2. The van der Waals surface area contributed by atoms with E-state index in [-0.39, 0.29) is 5.75 Å². The van der Waals surface area contributed by atoms with Crippen LogP contribution >= 0.6 is 0 Å². The first kappa shape index (κ1) is 14.9. The van der Waals surface area contributed by atoms with Gasteiger partial charge in [0.05, 0.1) is 0 Å². The Hall–Kier alpha value is -2.47. The highest BCUT2D eigenvalue weighted by atomic mass is 19.1. The number of amides is 1. The van der Waals surface area contributed by atoms with E-state index in [1.54, 1.807) is 18.2 Å². The highest BCUT2D eigenvalue weighted by Gasteiger charge is 2.08. The number of ether oxygens (including phenoxy) is 1. The maximum absolute atomic E-state index is 13.3. The summed E-state index contributed by atoms with van der Waals surface area (Å²) in [4.78, 5) is 11.7. The fourth-order valence-corrected chi connectivity index (χ4v) is 1.70. The van der Waals surface area contributed by atoms with Crippen molar-refractivity contribution in [1.82, 2.24) is 0 Å². The zero-order valence-corrected chi connectivity index (χ0v) is 11.1. The monoisotopic (exact) mass is 292 g/mol. The number of anilines is 1. The summed E-state index contributed by atoms with van der Waals surface area (Å²) in [5.41, 5.74) is 6.93. The average molecular weight is 292 g/mol. The lowest BCUT2D eigenvalue weighted by atomic mass is 10.2. The summed E-state index contributed by atoms with van der Waals surface area (Å²) in [6, 6.07) is 9.80. The first-order valence-corrected chi connectivity index (χ1v) is 6.25. The molecule has 0 aliphatic carbocycles. The Balaban J connectivity index is 1.94. The van der Waals surface area contributed by atoms with Gasteiger partial charge in [0.1, 0.15) is 5.82 Å². The quantitative estimate of drug-likeness (QED) is 0.889. The molecule has 1 amide bonds. The van der Waals surface area contributed by atoms with Gasteiger partial charge in [0.25, 0.3) is 5.91 Å². The molecule has 0 aromatic heterocycles. The van der Waals surface area contributed by atoms with Crippen molar-refractivity contribution in [3.05, 3.63) is 59.7 Å². The van der Waals surface area contributed by atoms with Gasteiger partial charge >= 0.3 is 0 Å². The van der Waals surface area contributed by atoms with Gasteiger partial charge in [0.2, 0.25) is 0 Å². The van der Waals surface area contributed by atoms with Gasteiger partial charge in [0, 0.05) is 18.3 Å². The van der Waals surface area contributed by atoms with Crippen LogP contribution in [-0.2, 0) is 11.3 Å². The molecule has 2 aromatic carbocycles. The maximum Gasteiger partial charge on any atom is 0.262 e. The molecule has 2 rings (SSSR count). The smallest absolute Gasteiger partial charge is 0.262 e. The predicted molar refractivity (Wildman–Crippen MR) is 74.8 cm³/mol. The minimum atomic E-state index is -0.727. The molecule has 21 heavy (non-hydrogen) atoms. The van der Waals surface area contributed by atoms with Crippen LogP contribution in [0.25, 0.3) is 0 Å². The molecule has 0 radical (unpaired) electrons. The maximum atomic E-state index is 13.3. The van der Waals surface area contributed by atoms with Gasteiger partial charge in [0.15, 0.2) is 18.2 Å². The highest BCUT2D eigenvalue weighted by molar-refractivity contribution is 5.91. The van der Waals surface area contributed by atoms with Crippen LogP contribution in [0.1, 0.15) is 5.56 Å². The van der Waals surface area contributed by atoms with Crippen LogP contribution < -0.4 is 15.8 Å². The molecule has 2 aromatic rings. The zero-order valence-electron chi connectivity index (χ0n) is 11.1. The summed E-state index contributed by atoms with van der Waals surface area (Å²) in [5, 5.41) is 2.59. The van der Waals surface area contributed by atoms with E-state index in [0.717, 1.165) is 23.8 Å². The van der Waals surface area contributed by atoms with E-state index in [4.69, 9.17) is 10.5 Å². The number of carbonyl (C=O) groups excluding carboxylic acids is 1. The van der Waals surface area contributed by atoms with Gasteiger partial charge in [-0.3, -0.25) is 4.79 Å². The highest BCUT2D eigenvalue weighted by Crippen LogP contribution is 2.18. The van der Waals surface area contributed by atoms with Crippen molar-refractivity contribution in [2.75, 3.05) is 11.9 Å². The third kappa shape index (κ3) is 4.25. The van der Waals surface area contributed by atoms with Crippen molar-refractivity contribution in [1.29, 1.82) is 0 Å². The first-order chi connectivity index (χ1) is 10.1. The molecule has 0 atom stereocenters. The van der Waals surface area contributed by atoms with E-state index in [1.165, 1.54) is 0 Å². The van der Waals surface area contributed by atoms with E-state index >= 15 is 0 Å². The lowest BCUT2D eigenvalue weighted by Crippen LogP contribution is -2.20. The van der Waals surface area contributed by atoms with Crippen molar-refractivity contribution < 1.29 is 18.3 Å². The Bertz CT molecular complexity index is 647. The van der Waals surface area contributed by atoms with Gasteiger partial charge in [-0.15, -0.1) is 0 Å². The number of nitrogens with two attached hydrogens (primary N) is 1. The van der Waals surface area contributed by atoms with Gasteiger partial charge in [-0.2, -0.15) is 0 Å². The van der Waals surface area contributed by atoms with Crippen molar-refractivity contribution in [2.45, 2.75) is 6.54 Å². The van der Waals surface area contributed by atoms with Crippen molar-refractivity contribution >= 4 is 11.6 Å². The van der Waals surface area contributed by atoms with Crippen LogP contribution in [0.3, 0.4) is 0 Å². The minimum Gasteiger partial charge on any atom is -0.481 e. The topological polar surface area (TPSA) is 64.3 Å². The van der Waals surface area contributed by atoms with Crippen LogP contribution in [0.2, 0.25) is 0 Å². The third-order valence-electron chi connectivity index (χ3n) is 2.70. The summed E-state index contributed by atoms with van der Waals surface area (Å²) in [6.07, 6.45) is 0. The number of hydrogen-bond acceptors (Lipinski definition) is 3. The molecule has 6 heteroatoms. The minimum absolute atomic E-state index is 0.305. The first-order valence-electron chi connectivity index (χ1n) is 6.25. The van der Waals surface area contributed by atoms with Gasteiger partial charge < -0.3 is 15.8 Å². The van der Waals surface area contributed by atoms with Crippen molar-refractivity contribution in [3.8, 4) is 5.75 Å². The fraction of sp³-hybridized carbons (Fsp3) is 0.133. The molecule has 0 spiro atoms. The Morgan fingerprint density at radius 2 is 2.00 bits per heavy atom. The van der Waals surface area contributed by atoms with Crippen LogP contribution in [0, 0.1) is 11.6 Å². The molecule has 0 saturated heterocycles. The number of benzene rings is 2. The van der Waals surface area contributed by atoms with E-state index < -0.39 is 24.1 Å². The molecule has 110 valence electrons. The summed E-state index contributed by atoms with van der Waals surface area (Å²) >= 11 is 0. The van der Waals surface area contributed by atoms with E-state index in [0.29, 0.717) is 12.2 Å². The Kier molecular flexibility index (Phi) is 4.84. The van der Waals surface area contributed by atoms with Crippen LogP contribution in [0.5, 0.6) is 5.75 Å². The molecule has 0 unspecified atom stereocenters. The standard InChI is InChI=1S/C15H14F2N2O2/c16-11-4-5-13(17)14(7-11)21-9-15(20)19-12-3-1-2-10(6-12)8-18/h1-7H,8-9,18H2,(H,19,20). The molecule has 0 saturated carbocycles. The SMILES string of the molecule is NCc1cccc(NC(=O)COc2cc(F)ccc2F)c1. The molecule has 0 heterocycles. The second-order valence-electron chi connectivity index (χ2n) is 4.32. The molecule has 0 bridgehead atoms. The predicted octanol–water partition coefficient (Wildman–Crippen LogP) is 2.44. The molecule has 4 nitrogen and oxygen atoms in total. The largest absolute Gasteiger partial charge is 0.481 e. The molecular weight excluding hydrogens is 278 g/mol. The third-order valence-corrected chi connectivity index (χ3v) is 2.70. The average Bonchev–Trinajstić information content (AvgIpc) is 2.48. The van der Waals surface area contributed by atoms with E-state index in [2.05, 4.69) is 5.32 Å². The molecule has 0 aliphatic rings. The molecule has 0 fully saturated rings. The molecule has 0 aliphatic heterocycles. The molecular formula is C15H14F2N2O2. The van der Waals surface area contributed by atoms with Gasteiger partial charge in [-0.25, -0.2) is 8.78 Å². The Morgan fingerprint density at radius 1 is 1.19 bits per heavy atom. The normalized spacial score (nSPS) is 10.2. The summed E-state index contributed by atoms with van der Waals surface area (Å²) in [5.74, 6) is -2.15. The van der Waals surface area contributed by atoms with Crippen molar-refractivity contribution in [3.63, 3.8) is 0 Å².